The standard InChI is InChI=1S/C17H36N2/c1-8-14(6)15(7)19-11-16(9-12(2)3)18-10-17(19)13(4)5/h12-18H,8-11H2,1-7H3. The smallest absolute Gasteiger partial charge is 0.0247 e. The van der Waals surface area contributed by atoms with Crippen molar-refractivity contribution in [2.75, 3.05) is 13.1 Å². The molecule has 1 aliphatic rings. The molecule has 0 spiro atoms. The maximum absolute atomic E-state index is 3.78. The van der Waals surface area contributed by atoms with Crippen LogP contribution in [-0.4, -0.2) is 36.1 Å². The van der Waals surface area contributed by atoms with Crippen molar-refractivity contribution >= 4 is 0 Å². The number of nitrogens with one attached hydrogen (secondary N) is 1. The zero-order valence-electron chi connectivity index (χ0n) is 14.2. The molecule has 0 aromatic heterocycles. The van der Waals surface area contributed by atoms with E-state index in [9.17, 15) is 0 Å². The third kappa shape index (κ3) is 4.75. The summed E-state index contributed by atoms with van der Waals surface area (Å²) in [7, 11) is 0. The molecule has 19 heavy (non-hydrogen) atoms. The third-order valence-corrected chi connectivity index (χ3v) is 4.99. The highest BCUT2D eigenvalue weighted by Crippen LogP contribution is 2.24. The molecule has 114 valence electrons. The van der Waals surface area contributed by atoms with E-state index in [1.54, 1.807) is 0 Å². The van der Waals surface area contributed by atoms with E-state index in [1.165, 1.54) is 19.4 Å². The van der Waals surface area contributed by atoms with Gasteiger partial charge in [0, 0.05) is 31.2 Å². The fourth-order valence-corrected chi connectivity index (χ4v) is 3.34. The minimum atomic E-state index is 0.682. The molecule has 0 radical (unpaired) electrons. The molecule has 0 amide bonds. The number of hydrogen-bond donors (Lipinski definition) is 1. The summed E-state index contributed by atoms with van der Waals surface area (Å²) in [5, 5.41) is 3.78. The Kier molecular flexibility index (Phi) is 6.82. The average molecular weight is 268 g/mol. The molecule has 2 nitrogen and oxygen atoms in total. The van der Waals surface area contributed by atoms with Crippen LogP contribution in [0.3, 0.4) is 0 Å². The van der Waals surface area contributed by atoms with E-state index >= 15 is 0 Å². The fourth-order valence-electron chi connectivity index (χ4n) is 3.34. The largest absolute Gasteiger partial charge is 0.311 e. The highest BCUT2D eigenvalue weighted by molar-refractivity contribution is 4.91. The Hall–Kier alpha value is -0.0800. The Balaban J connectivity index is 2.72. The number of piperazine rings is 1. The molecular formula is C17H36N2. The molecule has 1 rings (SSSR count). The lowest BCUT2D eigenvalue weighted by Gasteiger charge is -2.47. The van der Waals surface area contributed by atoms with Crippen molar-refractivity contribution in [1.29, 1.82) is 0 Å². The van der Waals surface area contributed by atoms with E-state index in [0.29, 0.717) is 18.1 Å². The first-order valence-corrected chi connectivity index (χ1v) is 8.35. The van der Waals surface area contributed by atoms with E-state index in [1.807, 2.05) is 0 Å². The van der Waals surface area contributed by atoms with Gasteiger partial charge in [-0.05, 0) is 31.1 Å². The van der Waals surface area contributed by atoms with E-state index in [4.69, 9.17) is 0 Å². The molecule has 4 unspecified atom stereocenters. The van der Waals surface area contributed by atoms with Gasteiger partial charge in [-0.2, -0.15) is 0 Å². The summed E-state index contributed by atoms with van der Waals surface area (Å²) in [5.41, 5.74) is 0. The summed E-state index contributed by atoms with van der Waals surface area (Å²) in [5.74, 6) is 2.31. The second kappa shape index (κ2) is 7.64. The minimum Gasteiger partial charge on any atom is -0.311 e. The fraction of sp³-hybridized carbons (Fsp3) is 1.00. The van der Waals surface area contributed by atoms with Gasteiger partial charge in [-0.15, -0.1) is 0 Å². The molecule has 4 atom stereocenters. The predicted octanol–water partition coefficient (Wildman–Crippen LogP) is 3.77. The van der Waals surface area contributed by atoms with Gasteiger partial charge in [-0.25, -0.2) is 0 Å². The zero-order chi connectivity index (χ0) is 14.6. The Bertz CT molecular complexity index is 250. The summed E-state index contributed by atoms with van der Waals surface area (Å²) >= 11 is 0. The molecular weight excluding hydrogens is 232 g/mol. The molecule has 1 aliphatic heterocycles. The van der Waals surface area contributed by atoms with Crippen molar-refractivity contribution in [3.8, 4) is 0 Å². The average Bonchev–Trinajstić information content (AvgIpc) is 2.35. The number of nitrogens with zero attached hydrogens (tertiary/aromatic N) is 1. The van der Waals surface area contributed by atoms with Crippen molar-refractivity contribution in [2.24, 2.45) is 17.8 Å². The molecule has 0 aliphatic carbocycles. The Labute approximate surface area is 121 Å². The Morgan fingerprint density at radius 1 is 1.11 bits per heavy atom. The highest BCUT2D eigenvalue weighted by Gasteiger charge is 2.34. The van der Waals surface area contributed by atoms with Crippen LogP contribution >= 0.6 is 0 Å². The summed E-state index contributed by atoms with van der Waals surface area (Å²) < 4.78 is 0. The van der Waals surface area contributed by atoms with E-state index in [2.05, 4.69) is 58.7 Å². The van der Waals surface area contributed by atoms with Gasteiger partial charge in [-0.1, -0.05) is 48.0 Å². The summed E-state index contributed by atoms with van der Waals surface area (Å²) in [6.07, 6.45) is 2.58. The normalized spacial score (nSPS) is 28.9. The van der Waals surface area contributed by atoms with E-state index < -0.39 is 0 Å². The first-order valence-electron chi connectivity index (χ1n) is 8.35. The van der Waals surface area contributed by atoms with Gasteiger partial charge in [0.1, 0.15) is 0 Å². The molecule has 1 heterocycles. The topological polar surface area (TPSA) is 15.3 Å². The lowest BCUT2D eigenvalue weighted by molar-refractivity contribution is 0.0359. The highest BCUT2D eigenvalue weighted by atomic mass is 15.3. The second-order valence-corrected chi connectivity index (χ2v) is 7.37. The second-order valence-electron chi connectivity index (χ2n) is 7.37. The third-order valence-electron chi connectivity index (χ3n) is 4.99. The Morgan fingerprint density at radius 2 is 1.74 bits per heavy atom. The lowest BCUT2D eigenvalue weighted by Crippen LogP contribution is -2.61. The van der Waals surface area contributed by atoms with Crippen molar-refractivity contribution in [3.63, 3.8) is 0 Å². The predicted molar refractivity (Wildman–Crippen MR) is 85.5 cm³/mol. The van der Waals surface area contributed by atoms with Crippen LogP contribution in [0.5, 0.6) is 0 Å². The molecule has 2 heteroatoms. The first kappa shape index (κ1) is 17.0. The maximum Gasteiger partial charge on any atom is 0.0247 e. The van der Waals surface area contributed by atoms with Crippen molar-refractivity contribution in [1.82, 2.24) is 10.2 Å². The van der Waals surface area contributed by atoms with E-state index in [-0.39, 0.29) is 0 Å². The van der Waals surface area contributed by atoms with Crippen molar-refractivity contribution in [3.05, 3.63) is 0 Å². The van der Waals surface area contributed by atoms with Crippen LogP contribution in [0.15, 0.2) is 0 Å². The zero-order valence-corrected chi connectivity index (χ0v) is 14.2. The van der Waals surface area contributed by atoms with Crippen molar-refractivity contribution < 1.29 is 0 Å². The van der Waals surface area contributed by atoms with Gasteiger partial charge in [0.25, 0.3) is 0 Å². The van der Waals surface area contributed by atoms with Crippen LogP contribution < -0.4 is 5.32 Å². The van der Waals surface area contributed by atoms with Gasteiger partial charge < -0.3 is 5.32 Å². The van der Waals surface area contributed by atoms with Gasteiger partial charge in [0.15, 0.2) is 0 Å². The first-order chi connectivity index (χ1) is 8.86. The molecule has 1 saturated heterocycles. The van der Waals surface area contributed by atoms with Gasteiger partial charge in [0.05, 0.1) is 0 Å². The maximum atomic E-state index is 3.78. The quantitative estimate of drug-likeness (QED) is 0.789. The number of hydrogen-bond acceptors (Lipinski definition) is 2. The molecule has 1 N–H and O–H groups in total. The van der Waals surface area contributed by atoms with Crippen LogP contribution in [0.25, 0.3) is 0 Å². The molecule has 0 aromatic rings. The number of rotatable bonds is 6. The van der Waals surface area contributed by atoms with Gasteiger partial charge >= 0.3 is 0 Å². The van der Waals surface area contributed by atoms with Crippen LogP contribution in [-0.2, 0) is 0 Å². The molecule has 0 bridgehead atoms. The van der Waals surface area contributed by atoms with Crippen LogP contribution in [0.1, 0.15) is 61.3 Å². The molecule has 1 fully saturated rings. The van der Waals surface area contributed by atoms with E-state index in [0.717, 1.165) is 24.3 Å². The van der Waals surface area contributed by atoms with Gasteiger partial charge in [0.2, 0.25) is 0 Å². The molecule has 0 aromatic carbocycles. The van der Waals surface area contributed by atoms with Gasteiger partial charge in [-0.3, -0.25) is 4.90 Å². The summed E-state index contributed by atoms with van der Waals surface area (Å²) in [6, 6.07) is 2.09. The molecule has 0 saturated carbocycles. The van der Waals surface area contributed by atoms with Crippen LogP contribution in [0.2, 0.25) is 0 Å². The summed E-state index contributed by atoms with van der Waals surface area (Å²) in [6.45, 7) is 18.9. The SMILES string of the molecule is CCC(C)C(C)N1CC(CC(C)C)NCC1C(C)C. The minimum absolute atomic E-state index is 0.682. The van der Waals surface area contributed by atoms with Crippen LogP contribution in [0.4, 0.5) is 0 Å². The Morgan fingerprint density at radius 3 is 2.21 bits per heavy atom. The van der Waals surface area contributed by atoms with Crippen LogP contribution in [0, 0.1) is 17.8 Å². The summed E-state index contributed by atoms with van der Waals surface area (Å²) in [4.78, 5) is 2.79. The van der Waals surface area contributed by atoms with Crippen molar-refractivity contribution in [2.45, 2.75) is 79.4 Å². The monoisotopic (exact) mass is 268 g/mol. The lowest BCUT2D eigenvalue weighted by atomic mass is 9.90.